The highest BCUT2D eigenvalue weighted by Gasteiger charge is 2.17. The van der Waals surface area contributed by atoms with Crippen LogP contribution < -0.4 is 5.32 Å². The maximum Gasteiger partial charge on any atom is 0.290 e. The quantitative estimate of drug-likeness (QED) is 0.648. The fourth-order valence-electron chi connectivity index (χ4n) is 3.98. The minimum atomic E-state index is -0.190. The fourth-order valence-corrected chi connectivity index (χ4v) is 3.98. The first kappa shape index (κ1) is 21.5. The Kier molecular flexibility index (Phi) is 7.81. The van der Waals surface area contributed by atoms with E-state index in [4.69, 9.17) is 0 Å². The molecule has 1 aromatic heterocycles. The molecule has 0 bridgehead atoms. The number of amides is 1. The summed E-state index contributed by atoms with van der Waals surface area (Å²) in [4.78, 5) is 19.4. The number of hydrogen-bond donors (Lipinski definition) is 1. The zero-order valence-electron chi connectivity index (χ0n) is 18.2. The highest BCUT2D eigenvalue weighted by atomic mass is 16.2. The topological polar surface area (TPSA) is 63.1 Å². The molecule has 1 aliphatic heterocycles. The summed E-state index contributed by atoms with van der Waals surface area (Å²) in [5.41, 5.74) is 2.19. The van der Waals surface area contributed by atoms with E-state index in [0.717, 1.165) is 24.4 Å². The number of carbonyl (C=O) groups is 1. The number of para-hydroxylation sites is 1. The van der Waals surface area contributed by atoms with Crippen molar-refractivity contribution in [1.82, 2.24) is 25.0 Å². The van der Waals surface area contributed by atoms with Crippen molar-refractivity contribution in [2.45, 2.75) is 65.2 Å². The number of hydrogen-bond acceptors (Lipinski definition) is 4. The zero-order valence-corrected chi connectivity index (χ0v) is 18.2. The van der Waals surface area contributed by atoms with Gasteiger partial charge in [-0.1, -0.05) is 44.9 Å². The van der Waals surface area contributed by atoms with E-state index in [0.29, 0.717) is 12.5 Å². The zero-order chi connectivity index (χ0) is 20.6. The van der Waals surface area contributed by atoms with Crippen LogP contribution in [0.5, 0.6) is 0 Å². The van der Waals surface area contributed by atoms with Gasteiger partial charge in [0.05, 0.1) is 5.69 Å². The third kappa shape index (κ3) is 5.89. The summed E-state index contributed by atoms with van der Waals surface area (Å²) in [5, 5.41) is 7.46. The molecule has 0 radical (unpaired) electrons. The molecule has 29 heavy (non-hydrogen) atoms. The first-order chi connectivity index (χ1) is 14.1. The Labute approximate surface area is 174 Å². The monoisotopic (exact) mass is 397 g/mol. The number of aryl methyl sites for hydroxylation is 1. The van der Waals surface area contributed by atoms with Crippen molar-refractivity contribution in [2.24, 2.45) is 0 Å². The Morgan fingerprint density at radius 1 is 1.10 bits per heavy atom. The van der Waals surface area contributed by atoms with Gasteiger partial charge in [0.25, 0.3) is 5.91 Å². The minimum Gasteiger partial charge on any atom is -0.349 e. The Morgan fingerprint density at radius 2 is 1.86 bits per heavy atom. The van der Waals surface area contributed by atoms with Crippen molar-refractivity contribution in [3.8, 4) is 5.69 Å². The number of nitrogens with one attached hydrogen (secondary N) is 1. The molecule has 158 valence electrons. The Balaban J connectivity index is 1.47. The van der Waals surface area contributed by atoms with Crippen LogP contribution in [0.2, 0.25) is 0 Å². The van der Waals surface area contributed by atoms with E-state index in [1.165, 1.54) is 50.9 Å². The van der Waals surface area contributed by atoms with Crippen LogP contribution in [0.3, 0.4) is 0 Å². The lowest BCUT2D eigenvalue weighted by Crippen LogP contribution is -2.30. The Morgan fingerprint density at radius 3 is 2.62 bits per heavy atom. The molecule has 3 rings (SSSR count). The average molecular weight is 398 g/mol. The van der Waals surface area contributed by atoms with Gasteiger partial charge in [-0.05, 0) is 69.8 Å². The van der Waals surface area contributed by atoms with E-state index in [-0.39, 0.29) is 11.7 Å². The van der Waals surface area contributed by atoms with Gasteiger partial charge in [0.1, 0.15) is 5.82 Å². The Bertz CT molecular complexity index is 792. The SMILES string of the molecule is Cc1nc(C(=O)NCCCCCN2CCCCC2)nn1-c1ccccc1C(C)C. The molecule has 0 saturated carbocycles. The summed E-state index contributed by atoms with van der Waals surface area (Å²) in [7, 11) is 0. The molecule has 6 nitrogen and oxygen atoms in total. The lowest BCUT2D eigenvalue weighted by molar-refractivity contribution is 0.0942. The lowest BCUT2D eigenvalue weighted by Gasteiger charge is -2.26. The highest BCUT2D eigenvalue weighted by molar-refractivity contribution is 5.90. The van der Waals surface area contributed by atoms with Gasteiger partial charge >= 0.3 is 0 Å². The number of aromatic nitrogens is 3. The van der Waals surface area contributed by atoms with Gasteiger partial charge in [0, 0.05) is 6.54 Å². The van der Waals surface area contributed by atoms with E-state index in [1.54, 1.807) is 4.68 Å². The molecule has 1 aliphatic rings. The van der Waals surface area contributed by atoms with E-state index in [2.05, 4.69) is 40.2 Å². The summed E-state index contributed by atoms with van der Waals surface area (Å²) >= 11 is 0. The molecule has 2 aromatic rings. The molecule has 0 unspecified atom stereocenters. The third-order valence-electron chi connectivity index (χ3n) is 5.64. The Hall–Kier alpha value is -2.21. The number of unbranched alkanes of at least 4 members (excludes halogenated alkanes) is 2. The number of piperidine rings is 1. The molecule has 1 saturated heterocycles. The maximum atomic E-state index is 12.5. The van der Waals surface area contributed by atoms with Crippen LogP contribution in [0.15, 0.2) is 24.3 Å². The highest BCUT2D eigenvalue weighted by Crippen LogP contribution is 2.23. The summed E-state index contributed by atoms with van der Waals surface area (Å²) in [6.45, 7) is 10.6. The third-order valence-corrected chi connectivity index (χ3v) is 5.64. The molecule has 6 heteroatoms. The van der Waals surface area contributed by atoms with Crippen molar-refractivity contribution in [3.63, 3.8) is 0 Å². The number of benzene rings is 1. The van der Waals surface area contributed by atoms with E-state index < -0.39 is 0 Å². The van der Waals surface area contributed by atoms with Gasteiger partial charge in [-0.15, -0.1) is 5.10 Å². The van der Waals surface area contributed by atoms with Crippen LogP contribution >= 0.6 is 0 Å². The molecule has 0 aliphatic carbocycles. The van der Waals surface area contributed by atoms with Crippen LogP contribution in [-0.4, -0.2) is 51.8 Å². The predicted octanol–water partition coefficient (Wildman–Crippen LogP) is 4.09. The van der Waals surface area contributed by atoms with Crippen molar-refractivity contribution in [3.05, 3.63) is 41.5 Å². The minimum absolute atomic E-state index is 0.190. The molecule has 0 atom stereocenters. The number of nitrogens with zero attached hydrogens (tertiary/aromatic N) is 4. The van der Waals surface area contributed by atoms with E-state index in [1.807, 2.05) is 25.1 Å². The number of carbonyl (C=O) groups excluding carboxylic acids is 1. The molecule has 1 aromatic carbocycles. The van der Waals surface area contributed by atoms with Crippen LogP contribution in [0.25, 0.3) is 5.69 Å². The fraction of sp³-hybridized carbons (Fsp3) is 0.609. The summed E-state index contributed by atoms with van der Waals surface area (Å²) in [6.07, 6.45) is 7.41. The predicted molar refractivity (Wildman–Crippen MR) is 117 cm³/mol. The molecular formula is C23H35N5O. The first-order valence-corrected chi connectivity index (χ1v) is 11.1. The molecule has 0 spiro atoms. The van der Waals surface area contributed by atoms with Crippen molar-refractivity contribution >= 4 is 5.91 Å². The van der Waals surface area contributed by atoms with Gasteiger partial charge in [0.15, 0.2) is 0 Å². The summed E-state index contributed by atoms with van der Waals surface area (Å²) in [5.74, 6) is 1.15. The van der Waals surface area contributed by atoms with Gasteiger partial charge < -0.3 is 10.2 Å². The first-order valence-electron chi connectivity index (χ1n) is 11.1. The average Bonchev–Trinajstić information content (AvgIpc) is 3.12. The van der Waals surface area contributed by atoms with Crippen molar-refractivity contribution in [2.75, 3.05) is 26.2 Å². The maximum absolute atomic E-state index is 12.5. The summed E-state index contributed by atoms with van der Waals surface area (Å²) < 4.78 is 1.78. The molecule has 1 N–H and O–H groups in total. The largest absolute Gasteiger partial charge is 0.349 e. The normalized spacial score (nSPS) is 15.0. The van der Waals surface area contributed by atoms with Gasteiger partial charge in [-0.25, -0.2) is 9.67 Å². The van der Waals surface area contributed by atoms with Crippen molar-refractivity contribution in [1.29, 1.82) is 0 Å². The van der Waals surface area contributed by atoms with E-state index in [9.17, 15) is 4.79 Å². The molecule has 1 amide bonds. The smallest absolute Gasteiger partial charge is 0.290 e. The molecule has 1 fully saturated rings. The van der Waals surface area contributed by atoms with Crippen LogP contribution in [0.1, 0.15) is 80.3 Å². The second-order valence-electron chi connectivity index (χ2n) is 8.33. The van der Waals surface area contributed by atoms with Crippen LogP contribution in [0.4, 0.5) is 0 Å². The second-order valence-corrected chi connectivity index (χ2v) is 8.33. The summed E-state index contributed by atoms with van der Waals surface area (Å²) in [6, 6.07) is 8.15. The van der Waals surface area contributed by atoms with Gasteiger partial charge in [0.2, 0.25) is 5.82 Å². The van der Waals surface area contributed by atoms with Gasteiger partial charge in [-0.2, -0.15) is 0 Å². The number of rotatable bonds is 9. The van der Waals surface area contributed by atoms with E-state index >= 15 is 0 Å². The molecule has 2 heterocycles. The van der Waals surface area contributed by atoms with Crippen molar-refractivity contribution < 1.29 is 4.79 Å². The molecular weight excluding hydrogens is 362 g/mol. The lowest BCUT2D eigenvalue weighted by atomic mass is 10.0. The number of likely N-dealkylation sites (tertiary alicyclic amines) is 1. The van der Waals surface area contributed by atoms with Crippen LogP contribution in [-0.2, 0) is 0 Å². The van der Waals surface area contributed by atoms with Gasteiger partial charge in [-0.3, -0.25) is 4.79 Å². The van der Waals surface area contributed by atoms with Crippen LogP contribution in [0, 0.1) is 6.92 Å². The second kappa shape index (κ2) is 10.5. The standard InChI is InChI=1S/C23H35N5O/c1-18(2)20-12-6-7-13-21(20)28-19(3)25-22(26-28)23(29)24-14-8-4-9-15-27-16-10-5-11-17-27/h6-7,12-13,18H,4-5,8-11,14-17H2,1-3H3,(H,24,29).